The van der Waals surface area contributed by atoms with Crippen molar-refractivity contribution in [1.29, 1.82) is 0 Å². The molecular weight excluding hydrogens is 232 g/mol. The molecule has 0 bridgehead atoms. The predicted octanol–water partition coefficient (Wildman–Crippen LogP) is 1.85. The van der Waals surface area contributed by atoms with Crippen LogP contribution in [0.4, 0.5) is 4.79 Å². The van der Waals surface area contributed by atoms with Gasteiger partial charge in [0.15, 0.2) is 0 Å². The highest BCUT2D eigenvalue weighted by Crippen LogP contribution is 2.10. The molecule has 0 aromatic rings. The van der Waals surface area contributed by atoms with Crippen LogP contribution in [0, 0.1) is 5.92 Å². The van der Waals surface area contributed by atoms with Crippen LogP contribution in [0.3, 0.4) is 0 Å². The SMILES string of the molecule is CCC(CNC(=O)N1CC=C(C)CC1)CC(=O)O. The van der Waals surface area contributed by atoms with Crippen molar-refractivity contribution in [3.63, 3.8) is 0 Å². The normalized spacial score (nSPS) is 17.0. The van der Waals surface area contributed by atoms with Crippen molar-refractivity contribution in [1.82, 2.24) is 10.2 Å². The van der Waals surface area contributed by atoms with Crippen LogP contribution < -0.4 is 5.32 Å². The van der Waals surface area contributed by atoms with Crippen LogP contribution in [0.1, 0.15) is 33.1 Å². The van der Waals surface area contributed by atoms with Gasteiger partial charge >= 0.3 is 12.0 Å². The lowest BCUT2D eigenvalue weighted by molar-refractivity contribution is -0.138. The van der Waals surface area contributed by atoms with Crippen molar-refractivity contribution < 1.29 is 14.7 Å². The number of carboxylic acids is 1. The van der Waals surface area contributed by atoms with Crippen molar-refractivity contribution in [3.05, 3.63) is 11.6 Å². The van der Waals surface area contributed by atoms with Crippen LogP contribution in [0.2, 0.25) is 0 Å². The first-order valence-corrected chi connectivity index (χ1v) is 6.43. The number of carbonyl (C=O) groups is 2. The molecule has 2 N–H and O–H groups in total. The molecule has 1 heterocycles. The third kappa shape index (κ3) is 4.77. The van der Waals surface area contributed by atoms with E-state index in [0.717, 1.165) is 19.4 Å². The number of nitrogens with zero attached hydrogens (tertiary/aromatic N) is 1. The van der Waals surface area contributed by atoms with Gasteiger partial charge in [-0.25, -0.2) is 4.79 Å². The fourth-order valence-corrected chi connectivity index (χ4v) is 1.91. The smallest absolute Gasteiger partial charge is 0.317 e. The molecule has 1 unspecified atom stereocenters. The van der Waals surface area contributed by atoms with Gasteiger partial charge in [0.25, 0.3) is 0 Å². The zero-order valence-corrected chi connectivity index (χ0v) is 11.1. The molecule has 5 nitrogen and oxygen atoms in total. The van der Waals surface area contributed by atoms with Gasteiger partial charge in [0.2, 0.25) is 0 Å². The highest BCUT2D eigenvalue weighted by Gasteiger charge is 2.17. The lowest BCUT2D eigenvalue weighted by atomic mass is 10.0. The summed E-state index contributed by atoms with van der Waals surface area (Å²) in [6, 6.07) is -0.0948. The topological polar surface area (TPSA) is 69.6 Å². The number of carbonyl (C=O) groups excluding carboxylic acids is 1. The van der Waals surface area contributed by atoms with Crippen molar-refractivity contribution in [2.75, 3.05) is 19.6 Å². The van der Waals surface area contributed by atoms with E-state index in [0.29, 0.717) is 13.1 Å². The zero-order valence-electron chi connectivity index (χ0n) is 11.1. The number of hydrogen-bond donors (Lipinski definition) is 2. The van der Waals surface area contributed by atoms with E-state index in [1.54, 1.807) is 4.90 Å². The van der Waals surface area contributed by atoms with E-state index in [9.17, 15) is 9.59 Å². The molecule has 2 amide bonds. The van der Waals surface area contributed by atoms with Crippen molar-refractivity contribution >= 4 is 12.0 Å². The van der Waals surface area contributed by atoms with Crippen molar-refractivity contribution in [3.8, 4) is 0 Å². The Labute approximate surface area is 108 Å². The summed E-state index contributed by atoms with van der Waals surface area (Å²) in [5.74, 6) is -0.804. The number of nitrogens with one attached hydrogen (secondary N) is 1. The summed E-state index contributed by atoms with van der Waals surface area (Å²) < 4.78 is 0. The van der Waals surface area contributed by atoms with E-state index in [1.165, 1.54) is 5.57 Å². The number of hydrogen-bond acceptors (Lipinski definition) is 2. The minimum absolute atomic E-state index is 0.00789. The molecule has 18 heavy (non-hydrogen) atoms. The van der Waals surface area contributed by atoms with Crippen LogP contribution in [0.25, 0.3) is 0 Å². The van der Waals surface area contributed by atoms with E-state index < -0.39 is 5.97 Å². The number of rotatable bonds is 5. The molecule has 0 fully saturated rings. The molecule has 1 aliphatic rings. The zero-order chi connectivity index (χ0) is 13.5. The molecule has 1 atom stereocenters. The largest absolute Gasteiger partial charge is 0.481 e. The third-order valence-corrected chi connectivity index (χ3v) is 3.31. The average molecular weight is 254 g/mol. The molecule has 0 aliphatic carbocycles. The first-order valence-electron chi connectivity index (χ1n) is 6.43. The minimum Gasteiger partial charge on any atom is -0.481 e. The molecule has 0 saturated heterocycles. The van der Waals surface area contributed by atoms with E-state index in [4.69, 9.17) is 5.11 Å². The van der Waals surface area contributed by atoms with Crippen LogP contribution in [0.5, 0.6) is 0 Å². The highest BCUT2D eigenvalue weighted by atomic mass is 16.4. The first kappa shape index (κ1) is 14.5. The van der Waals surface area contributed by atoms with Crippen LogP contribution in [0.15, 0.2) is 11.6 Å². The number of carboxylic acid groups (broad SMARTS) is 1. The number of urea groups is 1. The van der Waals surface area contributed by atoms with Crippen LogP contribution >= 0.6 is 0 Å². The van der Waals surface area contributed by atoms with Gasteiger partial charge in [-0.3, -0.25) is 4.79 Å². The van der Waals surface area contributed by atoms with E-state index in [-0.39, 0.29) is 18.4 Å². The maximum atomic E-state index is 11.8. The Kier molecular flexibility index (Phi) is 5.68. The lowest BCUT2D eigenvalue weighted by Gasteiger charge is -2.26. The van der Waals surface area contributed by atoms with Gasteiger partial charge in [0.05, 0.1) is 0 Å². The second-order valence-corrected chi connectivity index (χ2v) is 4.80. The van der Waals surface area contributed by atoms with Gasteiger partial charge in [-0.1, -0.05) is 25.0 Å². The summed E-state index contributed by atoms with van der Waals surface area (Å²) in [4.78, 5) is 24.2. The molecule has 102 valence electrons. The van der Waals surface area contributed by atoms with Gasteiger partial charge < -0.3 is 15.3 Å². The molecule has 0 saturated carbocycles. The Balaban J connectivity index is 2.34. The maximum absolute atomic E-state index is 11.8. The van der Waals surface area contributed by atoms with Gasteiger partial charge in [0, 0.05) is 26.1 Å². The summed E-state index contributed by atoms with van der Waals surface area (Å²) in [6.07, 6.45) is 3.83. The third-order valence-electron chi connectivity index (χ3n) is 3.31. The number of amides is 2. The Hall–Kier alpha value is -1.52. The molecule has 1 aliphatic heterocycles. The molecule has 0 radical (unpaired) electrons. The number of aliphatic carboxylic acids is 1. The Bertz CT molecular complexity index is 339. The van der Waals surface area contributed by atoms with Gasteiger partial charge in [-0.15, -0.1) is 0 Å². The molecule has 0 aromatic heterocycles. The van der Waals surface area contributed by atoms with E-state index in [1.807, 2.05) is 6.92 Å². The summed E-state index contributed by atoms with van der Waals surface area (Å²) >= 11 is 0. The Morgan fingerprint density at radius 1 is 1.56 bits per heavy atom. The highest BCUT2D eigenvalue weighted by molar-refractivity contribution is 5.74. The quantitative estimate of drug-likeness (QED) is 0.736. The summed E-state index contributed by atoms with van der Waals surface area (Å²) in [7, 11) is 0. The average Bonchev–Trinajstić information content (AvgIpc) is 2.34. The van der Waals surface area contributed by atoms with Crippen molar-refractivity contribution in [2.24, 2.45) is 5.92 Å². The fraction of sp³-hybridized carbons (Fsp3) is 0.692. The predicted molar refractivity (Wildman–Crippen MR) is 69.4 cm³/mol. The van der Waals surface area contributed by atoms with E-state index >= 15 is 0 Å². The molecular formula is C13H22N2O3. The molecule has 0 spiro atoms. The minimum atomic E-state index is -0.812. The van der Waals surface area contributed by atoms with Crippen LogP contribution in [-0.2, 0) is 4.79 Å². The van der Waals surface area contributed by atoms with Crippen molar-refractivity contribution in [2.45, 2.75) is 33.1 Å². The Morgan fingerprint density at radius 3 is 2.78 bits per heavy atom. The molecule has 0 aromatic carbocycles. The first-order chi connectivity index (χ1) is 8.52. The van der Waals surface area contributed by atoms with E-state index in [2.05, 4.69) is 18.3 Å². The Morgan fingerprint density at radius 2 is 2.28 bits per heavy atom. The standard InChI is InChI=1S/C13H22N2O3/c1-3-11(8-12(16)17)9-14-13(18)15-6-4-10(2)5-7-15/h4,11H,3,5-9H2,1-2H3,(H,14,18)(H,16,17). The second-order valence-electron chi connectivity index (χ2n) is 4.80. The van der Waals surface area contributed by atoms with Gasteiger partial charge in [-0.05, 0) is 19.3 Å². The lowest BCUT2D eigenvalue weighted by Crippen LogP contribution is -2.43. The van der Waals surface area contributed by atoms with Gasteiger partial charge in [-0.2, -0.15) is 0 Å². The summed E-state index contributed by atoms with van der Waals surface area (Å²) in [5.41, 5.74) is 1.32. The summed E-state index contributed by atoms with van der Waals surface area (Å²) in [6.45, 7) is 5.82. The van der Waals surface area contributed by atoms with Gasteiger partial charge in [0.1, 0.15) is 0 Å². The summed E-state index contributed by atoms with van der Waals surface area (Å²) in [5, 5.41) is 11.5. The fourth-order valence-electron chi connectivity index (χ4n) is 1.91. The van der Waals surface area contributed by atoms with Crippen LogP contribution in [-0.4, -0.2) is 41.6 Å². The molecule has 5 heteroatoms. The monoisotopic (exact) mass is 254 g/mol. The molecule has 1 rings (SSSR count). The second kappa shape index (κ2) is 7.03. The maximum Gasteiger partial charge on any atom is 0.317 e.